The van der Waals surface area contributed by atoms with Gasteiger partial charge in [0.1, 0.15) is 12.2 Å². The van der Waals surface area contributed by atoms with Gasteiger partial charge in [0.25, 0.3) is 0 Å². The Balaban J connectivity index is 2.22. The van der Waals surface area contributed by atoms with Crippen molar-refractivity contribution in [3.63, 3.8) is 0 Å². The third-order valence-corrected chi connectivity index (χ3v) is 2.58. The summed E-state index contributed by atoms with van der Waals surface area (Å²) in [6.07, 6.45) is 3.22. The molecule has 104 valence electrons. The van der Waals surface area contributed by atoms with Crippen molar-refractivity contribution in [1.82, 2.24) is 14.8 Å². The smallest absolute Gasteiger partial charge is 0.138 e. The molecule has 6 heteroatoms. The molecule has 1 aromatic rings. The molecule has 0 aliphatic carbocycles. The number of hydrogen-bond acceptors (Lipinski definition) is 5. The lowest BCUT2D eigenvalue weighted by Crippen LogP contribution is -2.18. The summed E-state index contributed by atoms with van der Waals surface area (Å²) in [5.41, 5.74) is 0. The van der Waals surface area contributed by atoms with Gasteiger partial charge >= 0.3 is 0 Å². The second-order valence-corrected chi connectivity index (χ2v) is 4.15. The first-order valence-electron chi connectivity index (χ1n) is 6.39. The van der Waals surface area contributed by atoms with Crippen LogP contribution in [0.25, 0.3) is 0 Å². The van der Waals surface area contributed by atoms with Crippen LogP contribution in [-0.2, 0) is 22.4 Å². The fraction of sp³-hybridized carbons (Fsp3) is 0.833. The van der Waals surface area contributed by atoms with E-state index in [1.165, 1.54) is 6.33 Å². The van der Waals surface area contributed by atoms with Crippen LogP contribution < -0.4 is 0 Å². The van der Waals surface area contributed by atoms with Gasteiger partial charge in [0.15, 0.2) is 0 Å². The topological polar surface area (TPSA) is 69.4 Å². The lowest BCUT2D eigenvalue weighted by Gasteiger charge is -2.11. The van der Waals surface area contributed by atoms with Crippen molar-refractivity contribution in [2.45, 2.75) is 38.8 Å². The molecule has 0 aliphatic heterocycles. The van der Waals surface area contributed by atoms with Crippen LogP contribution in [0.15, 0.2) is 6.33 Å². The average Bonchev–Trinajstić information content (AvgIpc) is 2.77. The zero-order valence-corrected chi connectivity index (χ0v) is 11.2. The molecule has 6 nitrogen and oxygen atoms in total. The highest BCUT2D eigenvalue weighted by atomic mass is 16.5. The molecule has 1 atom stereocenters. The number of ether oxygens (including phenoxy) is 2. The maximum absolute atomic E-state index is 9.88. The van der Waals surface area contributed by atoms with Gasteiger partial charge in [-0.05, 0) is 12.8 Å². The van der Waals surface area contributed by atoms with Gasteiger partial charge < -0.3 is 14.6 Å². The molecule has 1 heterocycles. The molecule has 0 fully saturated rings. The molecule has 18 heavy (non-hydrogen) atoms. The Labute approximate surface area is 108 Å². The van der Waals surface area contributed by atoms with Crippen LogP contribution in [0.1, 0.15) is 25.6 Å². The number of hydrogen-bond donors (Lipinski definition) is 1. The third kappa shape index (κ3) is 5.57. The molecule has 0 aliphatic rings. The van der Waals surface area contributed by atoms with Crippen molar-refractivity contribution >= 4 is 0 Å². The van der Waals surface area contributed by atoms with E-state index in [0.29, 0.717) is 32.7 Å². The molecule has 0 saturated carbocycles. The maximum Gasteiger partial charge on any atom is 0.138 e. The van der Waals surface area contributed by atoms with Gasteiger partial charge in [-0.25, -0.2) is 4.98 Å². The summed E-state index contributed by atoms with van der Waals surface area (Å²) in [5.74, 6) is 0.834. The first kappa shape index (κ1) is 15.1. The van der Waals surface area contributed by atoms with Gasteiger partial charge in [-0.15, -0.1) is 0 Å². The number of nitrogens with zero attached hydrogens (tertiary/aromatic N) is 3. The highest BCUT2D eigenvalue weighted by molar-refractivity contribution is 4.87. The Morgan fingerprint density at radius 2 is 2.22 bits per heavy atom. The van der Waals surface area contributed by atoms with E-state index < -0.39 is 6.10 Å². The van der Waals surface area contributed by atoms with Crippen molar-refractivity contribution in [2.75, 3.05) is 26.9 Å². The molecular formula is C12H23N3O3. The second-order valence-electron chi connectivity index (χ2n) is 4.15. The average molecular weight is 257 g/mol. The number of methoxy groups -OCH3 is 1. The zero-order valence-electron chi connectivity index (χ0n) is 11.2. The minimum Gasteiger partial charge on any atom is -0.393 e. The van der Waals surface area contributed by atoms with Crippen LogP contribution in [0.4, 0.5) is 0 Å². The van der Waals surface area contributed by atoms with Crippen LogP contribution in [0.2, 0.25) is 0 Å². The molecule has 0 radical (unpaired) electrons. The van der Waals surface area contributed by atoms with Gasteiger partial charge in [-0.1, -0.05) is 6.92 Å². The van der Waals surface area contributed by atoms with Crippen LogP contribution in [0.5, 0.6) is 0 Å². The van der Waals surface area contributed by atoms with E-state index in [9.17, 15) is 5.11 Å². The van der Waals surface area contributed by atoms with E-state index in [2.05, 4.69) is 17.0 Å². The lowest BCUT2D eigenvalue weighted by atomic mass is 10.2. The van der Waals surface area contributed by atoms with E-state index in [-0.39, 0.29) is 0 Å². The SMILES string of the molecule is CCCn1ncnc1CC(O)CCOCCOC. The highest BCUT2D eigenvalue weighted by Crippen LogP contribution is 2.04. The van der Waals surface area contributed by atoms with Gasteiger partial charge in [0.2, 0.25) is 0 Å². The minimum absolute atomic E-state index is 0.438. The first-order valence-corrected chi connectivity index (χ1v) is 6.39. The van der Waals surface area contributed by atoms with Gasteiger partial charge in [-0.3, -0.25) is 4.68 Å². The monoisotopic (exact) mass is 257 g/mol. The fourth-order valence-corrected chi connectivity index (χ4v) is 1.62. The van der Waals surface area contributed by atoms with Crippen molar-refractivity contribution in [3.8, 4) is 0 Å². The number of rotatable bonds is 10. The Hall–Kier alpha value is -0.980. The highest BCUT2D eigenvalue weighted by Gasteiger charge is 2.10. The van der Waals surface area contributed by atoms with E-state index >= 15 is 0 Å². The predicted octanol–water partition coefficient (Wildman–Crippen LogP) is 0.645. The lowest BCUT2D eigenvalue weighted by molar-refractivity contribution is 0.0473. The normalized spacial score (nSPS) is 12.8. The summed E-state index contributed by atoms with van der Waals surface area (Å²) in [6.45, 7) is 4.61. The summed E-state index contributed by atoms with van der Waals surface area (Å²) in [4.78, 5) is 4.16. The molecule has 0 aromatic carbocycles. The Morgan fingerprint density at radius 1 is 1.39 bits per heavy atom. The Kier molecular flexibility index (Phi) is 7.55. The predicted molar refractivity (Wildman–Crippen MR) is 67.3 cm³/mol. The molecule has 0 spiro atoms. The van der Waals surface area contributed by atoms with Crippen LogP contribution in [0.3, 0.4) is 0 Å². The van der Waals surface area contributed by atoms with Crippen molar-refractivity contribution in [1.29, 1.82) is 0 Å². The molecule has 0 saturated heterocycles. The quantitative estimate of drug-likeness (QED) is 0.623. The number of aromatic nitrogens is 3. The van der Waals surface area contributed by atoms with E-state index in [1.54, 1.807) is 7.11 Å². The van der Waals surface area contributed by atoms with Crippen LogP contribution >= 0.6 is 0 Å². The first-order chi connectivity index (χ1) is 8.77. The number of aryl methyl sites for hydroxylation is 1. The summed E-state index contributed by atoms with van der Waals surface area (Å²) in [5, 5.41) is 14.0. The summed E-state index contributed by atoms with van der Waals surface area (Å²) in [6, 6.07) is 0. The largest absolute Gasteiger partial charge is 0.393 e. The summed E-state index contributed by atoms with van der Waals surface area (Å²) in [7, 11) is 1.64. The van der Waals surface area contributed by atoms with E-state index in [4.69, 9.17) is 9.47 Å². The van der Waals surface area contributed by atoms with E-state index in [0.717, 1.165) is 18.8 Å². The Morgan fingerprint density at radius 3 is 2.94 bits per heavy atom. The molecule has 0 amide bonds. The molecule has 1 aromatic heterocycles. The molecule has 1 rings (SSSR count). The van der Waals surface area contributed by atoms with Gasteiger partial charge in [-0.2, -0.15) is 5.10 Å². The number of aliphatic hydroxyl groups is 1. The molecule has 1 unspecified atom stereocenters. The maximum atomic E-state index is 9.88. The van der Waals surface area contributed by atoms with Crippen LogP contribution in [-0.4, -0.2) is 52.9 Å². The van der Waals surface area contributed by atoms with Gasteiger partial charge in [0.05, 0.1) is 19.3 Å². The third-order valence-electron chi connectivity index (χ3n) is 2.58. The van der Waals surface area contributed by atoms with Crippen LogP contribution in [0, 0.1) is 0 Å². The standard InChI is InChI=1S/C12H23N3O3/c1-3-5-15-12(13-10-14-15)9-11(16)4-6-18-8-7-17-2/h10-11,16H,3-9H2,1-2H3. The summed E-state index contributed by atoms with van der Waals surface area (Å²) < 4.78 is 12.0. The van der Waals surface area contributed by atoms with Crippen molar-refractivity contribution in [2.24, 2.45) is 0 Å². The van der Waals surface area contributed by atoms with Crippen molar-refractivity contribution in [3.05, 3.63) is 12.2 Å². The van der Waals surface area contributed by atoms with Crippen molar-refractivity contribution < 1.29 is 14.6 Å². The summed E-state index contributed by atoms with van der Waals surface area (Å²) >= 11 is 0. The molecular weight excluding hydrogens is 234 g/mol. The van der Waals surface area contributed by atoms with E-state index in [1.807, 2.05) is 4.68 Å². The Bertz CT molecular complexity index is 317. The fourth-order valence-electron chi connectivity index (χ4n) is 1.62. The molecule has 1 N–H and O–H groups in total. The second kappa shape index (κ2) is 9.02. The molecule has 0 bridgehead atoms. The minimum atomic E-state index is -0.438. The van der Waals surface area contributed by atoms with Gasteiger partial charge in [0, 0.05) is 26.7 Å². The zero-order chi connectivity index (χ0) is 13.2. The number of aliphatic hydroxyl groups excluding tert-OH is 1.